The lowest BCUT2D eigenvalue weighted by molar-refractivity contribution is -0.112. The van der Waals surface area contributed by atoms with Crippen LogP contribution >= 0.6 is 0 Å². The van der Waals surface area contributed by atoms with Crippen LogP contribution in [0.25, 0.3) is 0 Å². The second kappa shape index (κ2) is 19.8. The molecule has 0 aromatic heterocycles. The number of benzene rings is 2. The van der Waals surface area contributed by atoms with Crippen molar-refractivity contribution in [1.82, 2.24) is 5.32 Å². The second-order valence-electron chi connectivity index (χ2n) is 7.01. The topological polar surface area (TPSA) is 117 Å². The maximum atomic E-state index is 11.8. The number of methoxy groups -OCH3 is 1. The van der Waals surface area contributed by atoms with Gasteiger partial charge in [0.25, 0.3) is 5.91 Å². The van der Waals surface area contributed by atoms with Crippen molar-refractivity contribution in [3.05, 3.63) is 77.4 Å². The van der Waals surface area contributed by atoms with E-state index < -0.39 is 0 Å². The van der Waals surface area contributed by atoms with Crippen molar-refractivity contribution in [1.29, 1.82) is 0 Å². The molecule has 2 aromatic carbocycles. The van der Waals surface area contributed by atoms with Gasteiger partial charge >= 0.3 is 0 Å². The fraction of sp³-hybridized carbons (Fsp3) is 0.333. The summed E-state index contributed by atoms with van der Waals surface area (Å²) in [4.78, 5) is 36.9. The van der Waals surface area contributed by atoms with Crippen molar-refractivity contribution in [2.24, 2.45) is 4.99 Å². The first kappa shape index (κ1) is 31.4. The van der Waals surface area contributed by atoms with E-state index >= 15 is 0 Å². The molecule has 2 amide bonds. The highest BCUT2D eigenvalue weighted by atomic mass is 16.5. The van der Waals surface area contributed by atoms with E-state index in [9.17, 15) is 14.4 Å². The number of amides is 2. The van der Waals surface area contributed by atoms with Crippen LogP contribution in [0, 0.1) is 0 Å². The molecule has 0 radical (unpaired) electrons. The summed E-state index contributed by atoms with van der Waals surface area (Å²) in [5.41, 5.74) is 3.95. The summed E-state index contributed by atoms with van der Waals surface area (Å²) < 4.78 is 4.54. The molecule has 0 aliphatic heterocycles. The molecular weight excluding hydrogens is 446 g/mol. The Kier molecular flexibility index (Phi) is 17.8. The summed E-state index contributed by atoms with van der Waals surface area (Å²) in [5, 5.41) is 13.9. The van der Waals surface area contributed by atoms with Gasteiger partial charge in [0.15, 0.2) is 5.78 Å². The molecule has 0 fully saturated rings. The number of ketones is 1. The minimum absolute atomic E-state index is 0.0667. The molecule has 2 aromatic rings. The van der Waals surface area contributed by atoms with E-state index in [1.807, 2.05) is 37.3 Å². The predicted molar refractivity (Wildman–Crippen MR) is 141 cm³/mol. The summed E-state index contributed by atoms with van der Waals surface area (Å²) >= 11 is 0. The van der Waals surface area contributed by atoms with E-state index in [0.29, 0.717) is 17.7 Å². The third-order valence-corrected chi connectivity index (χ3v) is 4.38. The van der Waals surface area contributed by atoms with E-state index in [1.54, 1.807) is 38.4 Å². The summed E-state index contributed by atoms with van der Waals surface area (Å²) in [6.45, 7) is 6.43. The highest BCUT2D eigenvalue weighted by Gasteiger charge is 2.07. The van der Waals surface area contributed by atoms with E-state index in [1.165, 1.54) is 18.6 Å². The van der Waals surface area contributed by atoms with Crippen LogP contribution in [0.4, 0.5) is 5.69 Å². The van der Waals surface area contributed by atoms with Crippen molar-refractivity contribution in [2.45, 2.75) is 27.2 Å². The van der Waals surface area contributed by atoms with Gasteiger partial charge in [0, 0.05) is 44.1 Å². The van der Waals surface area contributed by atoms with Crippen molar-refractivity contribution in [3.63, 3.8) is 0 Å². The number of hydrogen-bond acceptors (Lipinski definition) is 6. The second-order valence-corrected chi connectivity index (χ2v) is 7.01. The van der Waals surface area contributed by atoms with Crippen molar-refractivity contribution >= 4 is 29.5 Å². The first-order valence-electron chi connectivity index (χ1n) is 11.3. The summed E-state index contributed by atoms with van der Waals surface area (Å²) in [6, 6.07) is 14.7. The van der Waals surface area contributed by atoms with Crippen LogP contribution in [0.2, 0.25) is 0 Å². The molecule has 190 valence electrons. The van der Waals surface area contributed by atoms with E-state index in [-0.39, 0.29) is 24.8 Å². The zero-order valence-corrected chi connectivity index (χ0v) is 21.2. The van der Waals surface area contributed by atoms with Crippen molar-refractivity contribution in [3.8, 4) is 0 Å². The van der Waals surface area contributed by atoms with Gasteiger partial charge in [-0.25, -0.2) is 0 Å². The molecule has 0 aliphatic carbocycles. The highest BCUT2D eigenvalue weighted by Crippen LogP contribution is 2.10. The standard InChI is InChI=1S/C15H18N2O3.C9H11NO.C3H8O/c1-11(19)6-7-14(16-2)12-4-3-5-13(10-12)15(20)17-8-9-18;1-2-8-4-3-5-9(6-8)10-7-11;1-3-4-2/h3-7,10,18H,8-9H2,1-2H3,(H,17,20);3-7H,2H2,1H3,(H,10,11);3H2,1-2H3/b7-6-,16-14?;;. The Hall–Kier alpha value is -3.62. The van der Waals surface area contributed by atoms with Gasteiger partial charge in [0.05, 0.1) is 12.3 Å². The molecular formula is C27H37N3O5. The normalized spacial score (nSPS) is 10.4. The van der Waals surface area contributed by atoms with Gasteiger partial charge < -0.3 is 20.5 Å². The fourth-order valence-corrected chi connectivity index (χ4v) is 2.54. The number of anilines is 1. The molecule has 0 bridgehead atoms. The van der Waals surface area contributed by atoms with Gasteiger partial charge in [-0.3, -0.25) is 19.4 Å². The number of hydrogen-bond donors (Lipinski definition) is 3. The van der Waals surface area contributed by atoms with Gasteiger partial charge in [-0.2, -0.15) is 0 Å². The lowest BCUT2D eigenvalue weighted by atomic mass is 10.1. The number of carbonyl (C=O) groups excluding carboxylic acids is 3. The maximum Gasteiger partial charge on any atom is 0.251 e. The molecule has 8 heteroatoms. The summed E-state index contributed by atoms with van der Waals surface area (Å²) in [7, 11) is 3.30. The Bertz CT molecular complexity index is 969. The molecule has 8 nitrogen and oxygen atoms in total. The molecule has 3 N–H and O–H groups in total. The molecule has 35 heavy (non-hydrogen) atoms. The molecule has 0 heterocycles. The minimum Gasteiger partial charge on any atom is -0.395 e. The van der Waals surface area contributed by atoms with Crippen LogP contribution in [0.5, 0.6) is 0 Å². The quantitative estimate of drug-likeness (QED) is 0.272. The summed E-state index contributed by atoms with van der Waals surface area (Å²) in [6.07, 6.45) is 4.73. The molecule has 0 unspecified atom stereocenters. The van der Waals surface area contributed by atoms with E-state index in [2.05, 4.69) is 27.3 Å². The third-order valence-electron chi connectivity index (χ3n) is 4.38. The Morgan fingerprint density at radius 3 is 2.26 bits per heavy atom. The number of aliphatic imine (C=N–C) groups is 1. The van der Waals surface area contributed by atoms with Gasteiger partial charge in [0.1, 0.15) is 0 Å². The number of allylic oxidation sites excluding steroid dienone is 2. The van der Waals surface area contributed by atoms with Crippen LogP contribution in [-0.2, 0) is 20.7 Å². The molecule has 0 saturated carbocycles. The number of ether oxygens (including phenoxy) is 1. The monoisotopic (exact) mass is 483 g/mol. The lowest BCUT2D eigenvalue weighted by Crippen LogP contribution is -2.26. The number of nitrogens with zero attached hydrogens (tertiary/aromatic N) is 1. The molecule has 0 saturated heterocycles. The van der Waals surface area contributed by atoms with Crippen LogP contribution in [0.3, 0.4) is 0 Å². The Morgan fingerprint density at radius 2 is 1.71 bits per heavy atom. The van der Waals surface area contributed by atoms with Crippen molar-refractivity contribution in [2.75, 3.05) is 39.2 Å². The zero-order valence-electron chi connectivity index (χ0n) is 21.2. The number of rotatable bonds is 10. The molecule has 0 atom stereocenters. The smallest absolute Gasteiger partial charge is 0.251 e. The number of aryl methyl sites for hydroxylation is 1. The lowest BCUT2D eigenvalue weighted by Gasteiger charge is -2.06. The summed E-state index contributed by atoms with van der Waals surface area (Å²) in [5.74, 6) is -0.324. The first-order chi connectivity index (χ1) is 16.9. The number of carbonyl (C=O) groups is 3. The van der Waals surface area contributed by atoms with Crippen LogP contribution in [0.15, 0.2) is 65.7 Å². The fourth-order valence-electron chi connectivity index (χ4n) is 2.54. The van der Waals surface area contributed by atoms with E-state index in [4.69, 9.17) is 5.11 Å². The first-order valence-corrected chi connectivity index (χ1v) is 11.3. The predicted octanol–water partition coefficient (Wildman–Crippen LogP) is 3.44. The van der Waals surface area contributed by atoms with Crippen LogP contribution in [0.1, 0.15) is 42.3 Å². The Morgan fingerprint density at radius 1 is 1.06 bits per heavy atom. The van der Waals surface area contributed by atoms with Gasteiger partial charge in [-0.1, -0.05) is 31.2 Å². The average molecular weight is 484 g/mol. The number of aliphatic hydroxyl groups excluding tert-OH is 1. The third kappa shape index (κ3) is 14.3. The Labute approximate surface area is 208 Å². The largest absolute Gasteiger partial charge is 0.395 e. The van der Waals surface area contributed by atoms with Gasteiger partial charge in [-0.05, 0) is 62.2 Å². The van der Waals surface area contributed by atoms with Crippen molar-refractivity contribution < 1.29 is 24.2 Å². The van der Waals surface area contributed by atoms with Crippen LogP contribution in [-0.4, -0.2) is 62.8 Å². The van der Waals surface area contributed by atoms with E-state index in [0.717, 1.165) is 24.3 Å². The number of aliphatic hydroxyl groups is 1. The SMILES string of the molecule is CCOC.CCc1cccc(NC=O)c1.CN=C(/C=C\C(C)=O)c1cccc(C(=O)NCCO)c1. The van der Waals surface area contributed by atoms with Crippen LogP contribution < -0.4 is 10.6 Å². The molecule has 0 spiro atoms. The Balaban J connectivity index is 0.000000642. The maximum absolute atomic E-state index is 11.8. The molecule has 0 aliphatic rings. The minimum atomic E-state index is -0.257. The number of nitrogens with one attached hydrogen (secondary N) is 2. The van der Waals surface area contributed by atoms with Gasteiger partial charge in [-0.15, -0.1) is 0 Å². The van der Waals surface area contributed by atoms with Gasteiger partial charge in [0.2, 0.25) is 6.41 Å². The molecule has 2 rings (SSSR count). The zero-order chi connectivity index (χ0) is 26.5. The highest BCUT2D eigenvalue weighted by molar-refractivity contribution is 6.12. The average Bonchev–Trinajstić information content (AvgIpc) is 2.88.